The van der Waals surface area contributed by atoms with Crippen molar-refractivity contribution in [2.45, 2.75) is 46.6 Å². The predicted octanol–water partition coefficient (Wildman–Crippen LogP) is 2.35. The summed E-state index contributed by atoms with van der Waals surface area (Å²) in [5.74, 6) is 0.325. The predicted molar refractivity (Wildman–Crippen MR) is 104 cm³/mol. The van der Waals surface area contributed by atoms with Gasteiger partial charge in [0, 0.05) is 6.04 Å². The van der Waals surface area contributed by atoms with Gasteiger partial charge in [-0.2, -0.15) is 0 Å². The number of hydrogen-bond donors (Lipinski definition) is 1. The minimum Gasteiger partial charge on any atom is -0.482 e. The van der Waals surface area contributed by atoms with E-state index < -0.39 is 0 Å². The van der Waals surface area contributed by atoms with Crippen LogP contribution in [-0.2, 0) is 9.59 Å². The van der Waals surface area contributed by atoms with Crippen LogP contribution in [0.5, 0.6) is 5.75 Å². The third kappa shape index (κ3) is 5.46. The molecule has 6 heteroatoms. The van der Waals surface area contributed by atoms with E-state index in [1.807, 2.05) is 32.0 Å². The Morgan fingerprint density at radius 3 is 2.77 bits per heavy atom. The minimum atomic E-state index is -0.188. The van der Waals surface area contributed by atoms with E-state index in [-0.39, 0.29) is 31.0 Å². The van der Waals surface area contributed by atoms with E-state index in [1.165, 1.54) is 4.90 Å². The highest BCUT2D eigenvalue weighted by Crippen LogP contribution is 2.32. The number of carbonyl (C=O) groups is 2. The van der Waals surface area contributed by atoms with Gasteiger partial charge < -0.3 is 15.0 Å². The highest BCUT2D eigenvalue weighted by Gasteiger charge is 2.27. The van der Waals surface area contributed by atoms with Gasteiger partial charge in [0.15, 0.2) is 6.61 Å². The first-order valence-corrected chi connectivity index (χ1v) is 9.50. The second-order valence-corrected chi connectivity index (χ2v) is 6.88. The van der Waals surface area contributed by atoms with Crippen LogP contribution in [0.25, 0.3) is 0 Å². The van der Waals surface area contributed by atoms with E-state index in [1.54, 1.807) is 0 Å². The van der Waals surface area contributed by atoms with Crippen molar-refractivity contribution >= 4 is 17.5 Å². The summed E-state index contributed by atoms with van der Waals surface area (Å²) in [4.78, 5) is 28.5. The Morgan fingerprint density at radius 1 is 1.35 bits per heavy atom. The zero-order valence-electron chi connectivity index (χ0n) is 16.4. The molecule has 0 aromatic heterocycles. The molecule has 1 aromatic rings. The molecule has 26 heavy (non-hydrogen) atoms. The minimum absolute atomic E-state index is 0.0250. The van der Waals surface area contributed by atoms with E-state index in [2.05, 4.69) is 24.1 Å². The van der Waals surface area contributed by atoms with E-state index in [0.717, 1.165) is 38.0 Å². The Labute approximate surface area is 156 Å². The summed E-state index contributed by atoms with van der Waals surface area (Å²) in [6, 6.07) is 5.75. The van der Waals surface area contributed by atoms with Gasteiger partial charge in [-0.25, -0.2) is 0 Å². The molecule has 1 aliphatic heterocycles. The van der Waals surface area contributed by atoms with Crippen LogP contribution in [0.4, 0.5) is 5.69 Å². The number of amides is 2. The van der Waals surface area contributed by atoms with Crippen molar-refractivity contribution in [3.63, 3.8) is 0 Å². The number of ether oxygens (including phenoxy) is 1. The number of hydrogen-bond acceptors (Lipinski definition) is 4. The van der Waals surface area contributed by atoms with Crippen LogP contribution in [0.1, 0.15) is 39.2 Å². The molecule has 1 aliphatic rings. The highest BCUT2D eigenvalue weighted by atomic mass is 16.5. The molecule has 2 rings (SSSR count). The van der Waals surface area contributed by atoms with Gasteiger partial charge in [0.1, 0.15) is 12.3 Å². The molecule has 1 unspecified atom stereocenters. The van der Waals surface area contributed by atoms with Gasteiger partial charge in [0.05, 0.1) is 5.69 Å². The van der Waals surface area contributed by atoms with Crippen molar-refractivity contribution in [3.8, 4) is 5.75 Å². The van der Waals surface area contributed by atoms with Crippen LogP contribution < -0.4 is 15.0 Å². The Hall–Kier alpha value is -2.08. The maximum Gasteiger partial charge on any atom is 0.265 e. The molecule has 0 spiro atoms. The molecule has 0 radical (unpaired) electrons. The molecular formula is C20H31N3O3. The Kier molecular flexibility index (Phi) is 7.45. The summed E-state index contributed by atoms with van der Waals surface area (Å²) in [6.45, 7) is 11.4. The Bertz CT molecular complexity index is 629. The first-order chi connectivity index (χ1) is 12.4. The molecule has 0 saturated carbocycles. The average molecular weight is 361 g/mol. The number of aryl methyl sites for hydroxylation is 1. The highest BCUT2D eigenvalue weighted by molar-refractivity contribution is 6.02. The molecule has 6 nitrogen and oxygen atoms in total. The molecule has 1 N–H and O–H groups in total. The van der Waals surface area contributed by atoms with Crippen molar-refractivity contribution in [2.75, 3.05) is 37.7 Å². The van der Waals surface area contributed by atoms with Crippen molar-refractivity contribution in [2.24, 2.45) is 0 Å². The normalized spacial score (nSPS) is 14.8. The summed E-state index contributed by atoms with van der Waals surface area (Å²) in [6.07, 6.45) is 1.97. The van der Waals surface area contributed by atoms with Crippen molar-refractivity contribution < 1.29 is 14.3 Å². The quantitative estimate of drug-likeness (QED) is 0.733. The lowest BCUT2D eigenvalue weighted by molar-refractivity contribution is -0.125. The van der Waals surface area contributed by atoms with Gasteiger partial charge in [-0.1, -0.05) is 19.9 Å². The van der Waals surface area contributed by atoms with Crippen LogP contribution in [0, 0.1) is 6.92 Å². The van der Waals surface area contributed by atoms with Crippen molar-refractivity contribution in [1.29, 1.82) is 0 Å². The third-order valence-corrected chi connectivity index (χ3v) is 4.77. The van der Waals surface area contributed by atoms with Gasteiger partial charge >= 0.3 is 0 Å². The number of carbonyl (C=O) groups excluding carboxylic acids is 2. The fourth-order valence-electron chi connectivity index (χ4n) is 3.18. The summed E-state index contributed by atoms with van der Waals surface area (Å²) < 4.78 is 5.45. The van der Waals surface area contributed by atoms with Gasteiger partial charge in [-0.15, -0.1) is 0 Å². The smallest absolute Gasteiger partial charge is 0.265 e. The lowest BCUT2D eigenvalue weighted by atomic mass is 10.1. The SMILES string of the molecule is CCN(CC)CCCC(C)NC(=O)CN1C(=O)COc2ccc(C)cc21. The van der Waals surface area contributed by atoms with Crippen LogP contribution >= 0.6 is 0 Å². The summed E-state index contributed by atoms with van der Waals surface area (Å²) >= 11 is 0. The molecule has 0 fully saturated rings. The monoisotopic (exact) mass is 361 g/mol. The summed E-state index contributed by atoms with van der Waals surface area (Å²) in [7, 11) is 0. The maximum absolute atomic E-state index is 12.4. The largest absolute Gasteiger partial charge is 0.482 e. The molecule has 0 bridgehead atoms. The molecule has 0 aliphatic carbocycles. The van der Waals surface area contributed by atoms with Gasteiger partial charge in [0.2, 0.25) is 5.91 Å². The number of rotatable bonds is 9. The second kappa shape index (κ2) is 9.57. The fourth-order valence-corrected chi connectivity index (χ4v) is 3.18. The Morgan fingerprint density at radius 2 is 2.08 bits per heavy atom. The molecular weight excluding hydrogens is 330 g/mol. The number of nitrogens with zero attached hydrogens (tertiary/aromatic N) is 2. The van der Waals surface area contributed by atoms with Crippen LogP contribution in [0.3, 0.4) is 0 Å². The van der Waals surface area contributed by atoms with Gasteiger partial charge in [-0.3, -0.25) is 14.5 Å². The van der Waals surface area contributed by atoms with E-state index in [4.69, 9.17) is 4.74 Å². The van der Waals surface area contributed by atoms with Gasteiger partial charge in [-0.05, 0) is 64.0 Å². The second-order valence-electron chi connectivity index (χ2n) is 6.88. The number of nitrogens with one attached hydrogen (secondary N) is 1. The third-order valence-electron chi connectivity index (χ3n) is 4.77. The number of benzene rings is 1. The summed E-state index contributed by atoms with van der Waals surface area (Å²) in [5.41, 5.74) is 1.70. The van der Waals surface area contributed by atoms with Crippen LogP contribution in [0.15, 0.2) is 18.2 Å². The molecule has 1 heterocycles. The molecule has 1 atom stereocenters. The van der Waals surface area contributed by atoms with Gasteiger partial charge in [0.25, 0.3) is 5.91 Å². The molecule has 144 valence electrons. The fraction of sp³-hybridized carbons (Fsp3) is 0.600. The average Bonchev–Trinajstić information content (AvgIpc) is 2.61. The lowest BCUT2D eigenvalue weighted by Crippen LogP contribution is -2.47. The van der Waals surface area contributed by atoms with E-state index in [9.17, 15) is 9.59 Å². The zero-order valence-corrected chi connectivity index (χ0v) is 16.4. The van der Waals surface area contributed by atoms with Crippen molar-refractivity contribution in [1.82, 2.24) is 10.2 Å². The summed E-state index contributed by atoms with van der Waals surface area (Å²) in [5, 5.41) is 3.01. The van der Waals surface area contributed by atoms with Crippen molar-refractivity contribution in [3.05, 3.63) is 23.8 Å². The molecule has 0 saturated heterocycles. The lowest BCUT2D eigenvalue weighted by Gasteiger charge is -2.29. The maximum atomic E-state index is 12.4. The number of anilines is 1. The standard InChI is InChI=1S/C20H31N3O3/c1-5-22(6-2)11-7-8-16(4)21-19(24)13-23-17-12-15(3)9-10-18(17)26-14-20(23)25/h9-10,12,16H,5-8,11,13-14H2,1-4H3,(H,21,24). The Balaban J connectivity index is 1.87. The topological polar surface area (TPSA) is 61.9 Å². The number of fused-ring (bicyclic) bond motifs is 1. The van der Waals surface area contributed by atoms with E-state index >= 15 is 0 Å². The van der Waals surface area contributed by atoms with Crippen LogP contribution in [-0.4, -0.2) is 55.5 Å². The van der Waals surface area contributed by atoms with Crippen LogP contribution in [0.2, 0.25) is 0 Å². The zero-order chi connectivity index (χ0) is 19.1. The first-order valence-electron chi connectivity index (χ1n) is 9.50. The first kappa shape index (κ1) is 20.2. The van der Waals surface area contributed by atoms with E-state index in [0.29, 0.717) is 11.4 Å². The molecule has 1 aromatic carbocycles. The molecule has 2 amide bonds.